The molecule has 0 bridgehead atoms. The summed E-state index contributed by atoms with van der Waals surface area (Å²) in [5, 5.41) is 0.532. The average Bonchev–Trinajstić information content (AvgIpc) is 2.62. The van der Waals surface area contributed by atoms with Gasteiger partial charge in [-0.25, -0.2) is 17.2 Å². The molecule has 0 amide bonds. The molecule has 0 saturated heterocycles. The Morgan fingerprint density at radius 2 is 1.19 bits per heavy atom. The molecule has 0 aliphatic heterocycles. The molecule has 0 radical (unpaired) electrons. The molecule has 0 spiro atoms. The summed E-state index contributed by atoms with van der Waals surface area (Å²) in [4.78, 5) is -0.528. The van der Waals surface area contributed by atoms with Gasteiger partial charge in [-0.05, 0) is 60.7 Å². The minimum atomic E-state index is -4.75. The van der Waals surface area contributed by atoms with Crippen LogP contribution in [0.4, 0.5) is 8.78 Å². The molecular formula is C18H12F2NaO4PS. The molecule has 0 heterocycles. The van der Waals surface area contributed by atoms with Crippen molar-refractivity contribution >= 4 is 33.2 Å². The number of halogens is 2. The third kappa shape index (κ3) is 4.57. The molecule has 4 nitrogen and oxygen atoms in total. The fourth-order valence-electron chi connectivity index (χ4n) is 2.58. The molecule has 134 valence electrons. The molecule has 0 aliphatic rings. The van der Waals surface area contributed by atoms with Gasteiger partial charge in [0.1, 0.15) is 21.8 Å². The summed E-state index contributed by atoms with van der Waals surface area (Å²) in [5.74, 6) is -1.06. The van der Waals surface area contributed by atoms with Crippen molar-refractivity contribution in [1.82, 2.24) is 0 Å². The third-order valence-corrected chi connectivity index (χ3v) is 7.74. The maximum atomic E-state index is 14.0. The van der Waals surface area contributed by atoms with Crippen molar-refractivity contribution in [2.75, 3.05) is 0 Å². The fourth-order valence-corrected chi connectivity index (χ4v) is 5.84. The van der Waals surface area contributed by atoms with E-state index in [1.165, 1.54) is 36.4 Å². The first kappa shape index (κ1) is 22.0. The van der Waals surface area contributed by atoms with E-state index in [1.807, 2.05) is 0 Å². The van der Waals surface area contributed by atoms with Crippen LogP contribution in [0.25, 0.3) is 0 Å². The predicted molar refractivity (Wildman–Crippen MR) is 93.7 cm³/mol. The van der Waals surface area contributed by atoms with Gasteiger partial charge in [0.25, 0.3) is 0 Å². The molecule has 0 aliphatic carbocycles. The molecule has 3 rings (SSSR count). The van der Waals surface area contributed by atoms with Crippen LogP contribution in [0.1, 0.15) is 0 Å². The third-order valence-electron chi connectivity index (χ3n) is 3.85. The number of benzene rings is 3. The number of hydrogen-bond acceptors (Lipinski definition) is 4. The van der Waals surface area contributed by atoms with E-state index in [1.54, 1.807) is 0 Å². The second-order valence-corrected chi connectivity index (χ2v) is 9.66. The molecule has 0 aromatic heterocycles. The van der Waals surface area contributed by atoms with Crippen LogP contribution < -0.4 is 45.5 Å². The second kappa shape index (κ2) is 8.35. The summed E-state index contributed by atoms with van der Waals surface area (Å²) in [6.45, 7) is 0. The van der Waals surface area contributed by atoms with E-state index in [0.717, 1.165) is 36.4 Å². The topological polar surface area (TPSA) is 74.3 Å². The van der Waals surface area contributed by atoms with Crippen LogP contribution >= 0.6 is 7.14 Å². The summed E-state index contributed by atoms with van der Waals surface area (Å²) in [5.41, 5.74) is 0. The van der Waals surface area contributed by atoms with Crippen molar-refractivity contribution in [3.63, 3.8) is 0 Å². The van der Waals surface area contributed by atoms with E-state index in [-0.39, 0.29) is 45.5 Å². The summed E-state index contributed by atoms with van der Waals surface area (Å²) in [6.07, 6.45) is 0. The van der Waals surface area contributed by atoms with E-state index >= 15 is 0 Å². The molecule has 0 saturated carbocycles. The van der Waals surface area contributed by atoms with E-state index in [9.17, 15) is 26.3 Å². The van der Waals surface area contributed by atoms with Gasteiger partial charge in [-0.3, -0.25) is 0 Å². The van der Waals surface area contributed by atoms with Crippen molar-refractivity contribution in [2.45, 2.75) is 4.90 Å². The Hall–Kier alpha value is -1.34. The summed E-state index contributed by atoms with van der Waals surface area (Å²) >= 11 is 0. The summed E-state index contributed by atoms with van der Waals surface area (Å²) in [6, 6.07) is 14.6. The van der Waals surface area contributed by atoms with Crippen LogP contribution in [0.2, 0.25) is 0 Å². The van der Waals surface area contributed by atoms with Gasteiger partial charge in [0.05, 0.1) is 4.90 Å². The van der Waals surface area contributed by atoms with Gasteiger partial charge in [0.15, 0.2) is 7.14 Å². The van der Waals surface area contributed by atoms with Gasteiger partial charge in [0, 0.05) is 15.9 Å². The Bertz CT molecular complexity index is 1050. The van der Waals surface area contributed by atoms with Gasteiger partial charge < -0.3 is 9.12 Å². The van der Waals surface area contributed by atoms with Crippen molar-refractivity contribution in [1.29, 1.82) is 0 Å². The monoisotopic (exact) mass is 416 g/mol. The van der Waals surface area contributed by atoms with Gasteiger partial charge in [0.2, 0.25) is 0 Å². The average molecular weight is 416 g/mol. The SMILES string of the molecule is O=P(c1ccc(F)cc1)(c1ccc(F)cc1)c1cccc(S(=O)(=O)[O-])c1.[Na+]. The molecular weight excluding hydrogens is 404 g/mol. The van der Waals surface area contributed by atoms with Crippen LogP contribution in [-0.4, -0.2) is 13.0 Å². The van der Waals surface area contributed by atoms with Gasteiger partial charge in [-0.1, -0.05) is 12.1 Å². The first-order chi connectivity index (χ1) is 12.2. The molecule has 0 N–H and O–H groups in total. The first-order valence-electron chi connectivity index (χ1n) is 7.40. The van der Waals surface area contributed by atoms with Crippen LogP contribution in [0.15, 0.2) is 77.7 Å². The minimum absolute atomic E-state index is 0. The van der Waals surface area contributed by atoms with Crippen LogP contribution in [-0.2, 0) is 14.7 Å². The minimum Gasteiger partial charge on any atom is -0.744 e. The predicted octanol–water partition coefficient (Wildman–Crippen LogP) is -0.488. The molecule has 3 aromatic rings. The van der Waals surface area contributed by atoms with E-state index in [0.29, 0.717) is 0 Å². The van der Waals surface area contributed by atoms with Crippen LogP contribution in [0, 0.1) is 11.6 Å². The Labute approximate surface area is 177 Å². The van der Waals surface area contributed by atoms with Gasteiger partial charge >= 0.3 is 29.6 Å². The maximum absolute atomic E-state index is 14.0. The molecule has 9 heteroatoms. The Kier molecular flexibility index (Phi) is 6.79. The first-order valence-corrected chi connectivity index (χ1v) is 10.5. The van der Waals surface area contributed by atoms with Crippen LogP contribution in [0.3, 0.4) is 0 Å². The normalized spacial score (nSPS) is 11.7. The molecule has 0 atom stereocenters. The zero-order valence-corrected chi connectivity index (χ0v) is 17.9. The van der Waals surface area contributed by atoms with Gasteiger partial charge in [-0.15, -0.1) is 0 Å². The molecule has 3 aromatic carbocycles. The largest absolute Gasteiger partial charge is 1.00 e. The van der Waals surface area contributed by atoms with Gasteiger partial charge in [-0.2, -0.15) is 0 Å². The Balaban J connectivity index is 0.00000261. The Morgan fingerprint density at radius 1 is 0.741 bits per heavy atom. The zero-order valence-electron chi connectivity index (χ0n) is 14.2. The van der Waals surface area contributed by atoms with Crippen molar-refractivity contribution < 1.29 is 55.9 Å². The zero-order chi connectivity index (χ0) is 18.9. The van der Waals surface area contributed by atoms with Crippen molar-refractivity contribution in [2.24, 2.45) is 0 Å². The van der Waals surface area contributed by atoms with E-state index < -0.39 is 33.8 Å². The summed E-state index contributed by atoms with van der Waals surface area (Å²) < 4.78 is 74.6. The summed E-state index contributed by atoms with van der Waals surface area (Å²) in [7, 11) is -8.40. The second-order valence-electron chi connectivity index (χ2n) is 5.51. The van der Waals surface area contributed by atoms with E-state index in [2.05, 4.69) is 0 Å². The fraction of sp³-hybridized carbons (Fsp3) is 0. The smallest absolute Gasteiger partial charge is 0.744 e. The molecule has 0 unspecified atom stereocenters. The van der Waals surface area contributed by atoms with Crippen LogP contribution in [0.5, 0.6) is 0 Å². The van der Waals surface area contributed by atoms with Crippen molar-refractivity contribution in [3.8, 4) is 0 Å². The molecule has 27 heavy (non-hydrogen) atoms. The standard InChI is InChI=1S/C18H13F2O4PS.Na/c19-13-4-8-15(9-5-13)25(21,16-10-6-14(20)7-11-16)17-2-1-3-18(12-17)26(22,23)24;/h1-12H,(H,22,23,24);/q;+1/p-1. The number of hydrogen-bond donors (Lipinski definition) is 0. The number of rotatable bonds is 4. The maximum Gasteiger partial charge on any atom is 1.00 e. The van der Waals surface area contributed by atoms with Crippen molar-refractivity contribution in [3.05, 3.63) is 84.4 Å². The quantitative estimate of drug-likeness (QED) is 0.327. The Morgan fingerprint density at radius 3 is 1.59 bits per heavy atom. The molecule has 0 fully saturated rings. The van der Waals surface area contributed by atoms with E-state index in [4.69, 9.17) is 0 Å².